The van der Waals surface area contributed by atoms with Gasteiger partial charge in [0, 0.05) is 11.6 Å². The molecule has 1 amide bonds. The predicted octanol–water partition coefficient (Wildman–Crippen LogP) is 0.751. The van der Waals surface area contributed by atoms with Crippen molar-refractivity contribution in [3.63, 3.8) is 0 Å². The molecule has 1 rings (SSSR count). The number of nitrogens with zero attached hydrogens (tertiary/aromatic N) is 1. The molecule has 0 radical (unpaired) electrons. The quantitative estimate of drug-likeness (QED) is 0.540. The van der Waals surface area contributed by atoms with Crippen LogP contribution in [0.1, 0.15) is 20.8 Å². The molecule has 0 aliphatic carbocycles. The van der Waals surface area contributed by atoms with Crippen LogP contribution < -0.4 is 0 Å². The average molecular weight is 167 g/mol. The molecule has 1 heterocycles. The molecular formula is C9H13NO2. The number of rotatable bonds is 1. The summed E-state index contributed by atoms with van der Waals surface area (Å²) in [7, 11) is 0. The number of carbonyl (C=O) groups excluding carboxylic acids is 2. The van der Waals surface area contributed by atoms with Crippen LogP contribution in [0.5, 0.6) is 0 Å². The van der Waals surface area contributed by atoms with Crippen molar-refractivity contribution in [1.82, 2.24) is 4.90 Å². The van der Waals surface area contributed by atoms with E-state index in [1.165, 1.54) is 6.08 Å². The summed E-state index contributed by atoms with van der Waals surface area (Å²) in [6, 6.07) is -0.377. The first-order chi connectivity index (χ1) is 5.46. The maximum absolute atomic E-state index is 11.3. The molecule has 3 nitrogen and oxygen atoms in total. The van der Waals surface area contributed by atoms with E-state index in [-0.39, 0.29) is 17.5 Å². The van der Waals surface area contributed by atoms with Gasteiger partial charge in [-0.15, -0.1) is 0 Å². The first kappa shape index (κ1) is 8.97. The number of aldehydes is 1. The lowest BCUT2D eigenvalue weighted by Gasteiger charge is -2.34. The fraction of sp³-hybridized carbons (Fsp3) is 0.556. The molecule has 0 aromatic carbocycles. The van der Waals surface area contributed by atoms with Crippen LogP contribution in [0.2, 0.25) is 0 Å². The maximum atomic E-state index is 11.3. The van der Waals surface area contributed by atoms with Gasteiger partial charge in [0.05, 0.1) is 0 Å². The highest BCUT2D eigenvalue weighted by Crippen LogP contribution is 2.21. The van der Waals surface area contributed by atoms with Gasteiger partial charge in [-0.25, -0.2) is 0 Å². The lowest BCUT2D eigenvalue weighted by molar-refractivity contribution is -0.133. The molecule has 1 atom stereocenters. The third kappa shape index (κ3) is 1.40. The number of amides is 1. The largest absolute Gasteiger partial charge is 0.321 e. The van der Waals surface area contributed by atoms with Crippen LogP contribution >= 0.6 is 0 Å². The zero-order chi connectivity index (χ0) is 9.35. The van der Waals surface area contributed by atoms with Gasteiger partial charge in [-0.2, -0.15) is 0 Å². The zero-order valence-electron chi connectivity index (χ0n) is 7.57. The fourth-order valence-corrected chi connectivity index (χ4v) is 1.38. The molecule has 1 aliphatic rings. The Morgan fingerprint density at radius 1 is 1.50 bits per heavy atom. The number of hydrogen-bond acceptors (Lipinski definition) is 2. The van der Waals surface area contributed by atoms with Gasteiger partial charge >= 0.3 is 0 Å². The van der Waals surface area contributed by atoms with Crippen LogP contribution in [0.15, 0.2) is 12.2 Å². The van der Waals surface area contributed by atoms with Gasteiger partial charge in [-0.3, -0.25) is 4.79 Å². The predicted molar refractivity (Wildman–Crippen MR) is 45.6 cm³/mol. The minimum absolute atomic E-state index is 0.0837. The summed E-state index contributed by atoms with van der Waals surface area (Å²) in [6.07, 6.45) is 3.86. The average Bonchev–Trinajstić information content (AvgIpc) is 2.29. The van der Waals surface area contributed by atoms with E-state index in [1.807, 2.05) is 20.8 Å². The van der Waals surface area contributed by atoms with Gasteiger partial charge < -0.3 is 9.69 Å². The smallest absolute Gasteiger partial charge is 0.247 e. The monoisotopic (exact) mass is 167 g/mol. The Bertz CT molecular complexity index is 237. The lowest BCUT2D eigenvalue weighted by atomic mass is 10.1. The minimum Gasteiger partial charge on any atom is -0.321 e. The third-order valence-corrected chi connectivity index (χ3v) is 1.83. The fourth-order valence-electron chi connectivity index (χ4n) is 1.38. The molecule has 0 fully saturated rings. The van der Waals surface area contributed by atoms with Crippen molar-refractivity contribution in [3.8, 4) is 0 Å². The summed E-state index contributed by atoms with van der Waals surface area (Å²) in [4.78, 5) is 23.4. The van der Waals surface area contributed by atoms with Gasteiger partial charge in [-0.05, 0) is 26.8 Å². The highest BCUT2D eigenvalue weighted by Gasteiger charge is 2.34. The molecule has 3 heteroatoms. The molecule has 66 valence electrons. The van der Waals surface area contributed by atoms with E-state index in [2.05, 4.69) is 0 Å². The van der Waals surface area contributed by atoms with Crippen molar-refractivity contribution in [2.45, 2.75) is 32.4 Å². The standard InChI is InChI=1S/C9H13NO2/c1-9(2,3)10-7(6-11)4-5-8(10)12/h4-7H,1-3H3. The third-order valence-electron chi connectivity index (χ3n) is 1.83. The maximum Gasteiger partial charge on any atom is 0.247 e. The van der Waals surface area contributed by atoms with E-state index in [9.17, 15) is 9.59 Å². The van der Waals surface area contributed by atoms with Crippen molar-refractivity contribution < 1.29 is 9.59 Å². The number of carbonyl (C=O) groups is 2. The van der Waals surface area contributed by atoms with Crippen molar-refractivity contribution in [3.05, 3.63) is 12.2 Å². The van der Waals surface area contributed by atoms with E-state index in [1.54, 1.807) is 11.0 Å². The summed E-state index contributed by atoms with van der Waals surface area (Å²) < 4.78 is 0. The Morgan fingerprint density at radius 2 is 2.08 bits per heavy atom. The first-order valence-corrected chi connectivity index (χ1v) is 3.93. The van der Waals surface area contributed by atoms with E-state index in [0.29, 0.717) is 0 Å². The molecule has 0 saturated carbocycles. The molecule has 0 aromatic heterocycles. The molecule has 0 spiro atoms. The van der Waals surface area contributed by atoms with E-state index < -0.39 is 0 Å². The summed E-state index contributed by atoms with van der Waals surface area (Å²) >= 11 is 0. The van der Waals surface area contributed by atoms with Gasteiger partial charge in [-0.1, -0.05) is 0 Å². The Morgan fingerprint density at radius 3 is 2.42 bits per heavy atom. The Labute approximate surface area is 72.0 Å². The number of hydrogen-bond donors (Lipinski definition) is 0. The van der Waals surface area contributed by atoms with Crippen LogP contribution in [0, 0.1) is 0 Å². The van der Waals surface area contributed by atoms with Crippen molar-refractivity contribution >= 4 is 12.2 Å². The topological polar surface area (TPSA) is 37.4 Å². The van der Waals surface area contributed by atoms with Crippen LogP contribution in [0.25, 0.3) is 0 Å². The summed E-state index contributed by atoms with van der Waals surface area (Å²) in [5.74, 6) is -0.0837. The molecule has 0 saturated heterocycles. The summed E-state index contributed by atoms with van der Waals surface area (Å²) in [6.45, 7) is 5.73. The van der Waals surface area contributed by atoms with Crippen LogP contribution in [0.4, 0.5) is 0 Å². The van der Waals surface area contributed by atoms with E-state index >= 15 is 0 Å². The Hall–Kier alpha value is -1.12. The van der Waals surface area contributed by atoms with Crippen LogP contribution in [-0.2, 0) is 9.59 Å². The molecular weight excluding hydrogens is 154 g/mol. The highest BCUT2D eigenvalue weighted by molar-refractivity contribution is 5.94. The van der Waals surface area contributed by atoms with Crippen LogP contribution in [-0.4, -0.2) is 28.7 Å². The lowest BCUT2D eigenvalue weighted by Crippen LogP contribution is -2.48. The molecule has 0 aromatic rings. The molecule has 1 aliphatic heterocycles. The van der Waals surface area contributed by atoms with Gasteiger partial charge in [0.2, 0.25) is 5.91 Å². The van der Waals surface area contributed by atoms with Crippen molar-refractivity contribution in [2.75, 3.05) is 0 Å². The second-order valence-corrected chi connectivity index (χ2v) is 3.86. The van der Waals surface area contributed by atoms with Crippen molar-refractivity contribution in [2.24, 2.45) is 0 Å². The van der Waals surface area contributed by atoms with Gasteiger partial charge in [0.15, 0.2) is 0 Å². The Kier molecular flexibility index (Phi) is 2.04. The first-order valence-electron chi connectivity index (χ1n) is 3.93. The summed E-state index contributed by atoms with van der Waals surface area (Å²) in [5, 5.41) is 0. The molecule has 12 heavy (non-hydrogen) atoms. The Balaban J connectivity index is 2.89. The van der Waals surface area contributed by atoms with Gasteiger partial charge in [0.25, 0.3) is 0 Å². The second-order valence-electron chi connectivity index (χ2n) is 3.86. The molecule has 1 unspecified atom stereocenters. The van der Waals surface area contributed by atoms with Crippen LogP contribution in [0.3, 0.4) is 0 Å². The minimum atomic E-state index is -0.377. The second kappa shape index (κ2) is 2.73. The SMILES string of the molecule is CC(C)(C)N1C(=O)C=CC1C=O. The van der Waals surface area contributed by atoms with Crippen molar-refractivity contribution in [1.29, 1.82) is 0 Å². The van der Waals surface area contributed by atoms with Gasteiger partial charge in [0.1, 0.15) is 12.3 Å². The van der Waals surface area contributed by atoms with E-state index in [4.69, 9.17) is 0 Å². The zero-order valence-corrected chi connectivity index (χ0v) is 7.57. The normalized spacial score (nSPS) is 23.4. The molecule has 0 bridgehead atoms. The molecule has 0 N–H and O–H groups in total. The van der Waals surface area contributed by atoms with E-state index in [0.717, 1.165) is 6.29 Å². The summed E-state index contributed by atoms with van der Waals surface area (Å²) in [5.41, 5.74) is -0.286. The highest BCUT2D eigenvalue weighted by atomic mass is 16.2.